The molecule has 2 saturated heterocycles. The fraction of sp³-hybridized carbons (Fsp3) is 0.565. The molecule has 2 aliphatic heterocycles. The number of carboxylic acid groups (broad SMARTS) is 2. The summed E-state index contributed by atoms with van der Waals surface area (Å²) in [7, 11) is -6.06. The van der Waals surface area contributed by atoms with Gasteiger partial charge in [0.05, 0.1) is 25.0 Å². The minimum Gasteiger partial charge on any atom is -0.481 e. The van der Waals surface area contributed by atoms with Gasteiger partial charge in [-0.1, -0.05) is 24.3 Å². The number of nitrogens with one attached hydrogen (secondary N) is 6. The fourth-order valence-electron chi connectivity index (χ4n) is 8.49. The number of aldehydes is 1. The highest BCUT2D eigenvalue weighted by Gasteiger charge is 2.50. The van der Waals surface area contributed by atoms with Crippen molar-refractivity contribution in [2.75, 3.05) is 19.6 Å². The quantitative estimate of drug-likeness (QED) is 0.0231. The first-order valence-corrected chi connectivity index (χ1v) is 26.4. The summed E-state index contributed by atoms with van der Waals surface area (Å²) < 4.78 is 40.8. The number of nitrogens with zero attached hydrogens (tertiary/aromatic N) is 2. The summed E-state index contributed by atoms with van der Waals surface area (Å²) in [5, 5.41) is 32.0. The van der Waals surface area contributed by atoms with Gasteiger partial charge in [0, 0.05) is 50.8 Å². The third kappa shape index (κ3) is 20.3. The number of benzene rings is 1. The fourth-order valence-corrected chi connectivity index (χ4v) is 8.97. The van der Waals surface area contributed by atoms with Crippen LogP contribution in [0.15, 0.2) is 24.3 Å². The van der Waals surface area contributed by atoms with Gasteiger partial charge < -0.3 is 89.4 Å². The second-order valence-electron chi connectivity index (χ2n) is 18.8. The van der Waals surface area contributed by atoms with E-state index >= 15 is 0 Å². The number of alkyl halides is 2. The van der Waals surface area contributed by atoms with E-state index in [0.717, 1.165) is 21.9 Å². The first-order valence-electron chi connectivity index (χ1n) is 24.8. The normalized spacial score (nSPS) is 17.5. The molecule has 0 aliphatic carbocycles. The molecule has 0 saturated carbocycles. The number of carboxylic acids is 2. The Hall–Kier alpha value is -8.03. The van der Waals surface area contributed by atoms with Crippen LogP contribution < -0.4 is 54.8 Å². The Morgan fingerprint density at radius 3 is 1.64 bits per heavy atom. The van der Waals surface area contributed by atoms with Crippen molar-refractivity contribution in [1.29, 1.82) is 0 Å². The Morgan fingerprint density at radius 2 is 1.11 bits per heavy atom. The number of carbonyl (C=O) groups excluding carboxylic acids is 12. The zero-order chi connectivity index (χ0) is 60.2. The molecule has 1 aromatic rings. The van der Waals surface area contributed by atoms with E-state index in [1.165, 1.54) is 0 Å². The second-order valence-corrected chi connectivity index (χ2v) is 20.4. The molecule has 2 fully saturated rings. The Labute approximate surface area is 453 Å². The Morgan fingerprint density at radius 1 is 0.637 bits per heavy atom. The standard InChI is InChI=1S/C46H65F2N12O19P/c47-46(48,80(77,78)79)24-7-5-23(6-8-24)19-30(58-40(71)28(10-13-33(50)62)56-43(74)32-4-2-17-59(32)44(75)26(49)9-15-37(66)67)41(72)57-29(11-14-34(51)63)45(76)60-18-1-3-31(60)42(73)53-21-36(65)55-27(12-16-38(68)69)39(70)54-25(22-61)20-35(52)64/h5-8,22,25-32H,1-4,9-21,49H2,(H2,50,62)(H2,51,63)(H2,52,64)(H,53,73)(H,54,70)(H,55,65)(H,56,74)(H,57,72)(H,58,71)(H,66,67)(H,68,69)(H2,77,78,79)/t25-,26-,27-,28-,29-,30-,31-,32-/m0/s1. The molecule has 0 bridgehead atoms. The van der Waals surface area contributed by atoms with Crippen LogP contribution >= 0.6 is 7.60 Å². The van der Waals surface area contributed by atoms with Crippen LogP contribution in [-0.4, -0.2) is 181 Å². The van der Waals surface area contributed by atoms with Crippen LogP contribution in [0, 0.1) is 0 Å². The summed E-state index contributed by atoms with van der Waals surface area (Å²) in [6.45, 7) is -1.01. The van der Waals surface area contributed by atoms with Crippen LogP contribution in [-0.2, 0) is 83.8 Å². The molecule has 3 rings (SSSR count). The molecule has 1 aromatic carbocycles. The predicted molar refractivity (Wildman–Crippen MR) is 267 cm³/mol. The molecule has 2 aliphatic rings. The zero-order valence-electron chi connectivity index (χ0n) is 42.8. The average molecular weight is 1160 g/mol. The van der Waals surface area contributed by atoms with E-state index in [2.05, 4.69) is 31.9 Å². The molecule has 0 aromatic heterocycles. The van der Waals surface area contributed by atoms with Gasteiger partial charge in [0.15, 0.2) is 0 Å². The number of nitrogens with two attached hydrogens (primary N) is 4. The monoisotopic (exact) mass is 1160 g/mol. The number of primary amides is 3. The number of rotatable bonds is 33. The van der Waals surface area contributed by atoms with Gasteiger partial charge in [0.25, 0.3) is 0 Å². The highest BCUT2D eigenvalue weighted by atomic mass is 31.2. The average Bonchev–Trinajstić information content (AvgIpc) is 4.09. The largest absolute Gasteiger partial charge is 0.481 e. The van der Waals surface area contributed by atoms with Crippen LogP contribution in [0.2, 0.25) is 0 Å². The van der Waals surface area contributed by atoms with Gasteiger partial charge in [0.1, 0.15) is 42.5 Å². The molecular formula is C46H65F2N12O19P. The molecule has 18 N–H and O–H groups in total. The molecule has 442 valence electrons. The van der Waals surface area contributed by atoms with Gasteiger partial charge in [-0.2, -0.15) is 8.78 Å². The van der Waals surface area contributed by atoms with Crippen LogP contribution in [0.1, 0.15) is 94.6 Å². The highest BCUT2D eigenvalue weighted by Crippen LogP contribution is 2.59. The summed E-state index contributed by atoms with van der Waals surface area (Å²) in [6.07, 6.45) is -4.75. The number of halogens is 2. The van der Waals surface area contributed by atoms with E-state index in [9.17, 15) is 95.4 Å². The van der Waals surface area contributed by atoms with Crippen molar-refractivity contribution < 1.29 is 100 Å². The maximum Gasteiger partial charge on any atom is 0.399 e. The second kappa shape index (κ2) is 30.4. The van der Waals surface area contributed by atoms with Gasteiger partial charge in [-0.25, -0.2) is 0 Å². The Balaban J connectivity index is 1.94. The van der Waals surface area contributed by atoms with Crippen molar-refractivity contribution in [2.24, 2.45) is 22.9 Å². The van der Waals surface area contributed by atoms with Crippen molar-refractivity contribution in [1.82, 2.24) is 41.7 Å². The molecule has 80 heavy (non-hydrogen) atoms. The van der Waals surface area contributed by atoms with E-state index in [-0.39, 0.29) is 57.0 Å². The SMILES string of the molecule is NC(=O)CC[C@H](NC(=O)[C@@H]1CCCN1C(=O)[C@@H](N)CCC(=O)O)C(=O)N[C@@H](Cc1ccc(C(F)(F)P(=O)(O)O)cc1)C(=O)N[C@@H](CCC(N)=O)C(=O)N1CCC[C@H]1C(=O)NCC(=O)N[C@@H](CCC(=O)O)C(=O)N[C@H](C=O)CC(N)=O. The molecule has 34 heteroatoms. The van der Waals surface area contributed by atoms with Crippen LogP contribution in [0.5, 0.6) is 0 Å². The topological polar surface area (TPSA) is 520 Å². The van der Waals surface area contributed by atoms with E-state index < -0.39 is 208 Å². The number of carbonyl (C=O) groups is 14. The number of amides is 11. The van der Waals surface area contributed by atoms with E-state index in [1.54, 1.807) is 0 Å². The molecule has 2 heterocycles. The molecular weight excluding hydrogens is 1090 g/mol. The third-order valence-corrected chi connectivity index (χ3v) is 13.6. The lowest BCUT2D eigenvalue weighted by Gasteiger charge is -2.30. The Kier molecular flexibility index (Phi) is 25.1. The number of likely N-dealkylation sites (tertiary alicyclic amines) is 2. The van der Waals surface area contributed by atoms with E-state index in [0.29, 0.717) is 12.1 Å². The highest BCUT2D eigenvalue weighted by molar-refractivity contribution is 7.52. The van der Waals surface area contributed by atoms with Gasteiger partial charge in [0.2, 0.25) is 65.0 Å². The number of hydrogen-bond donors (Lipinski definition) is 14. The van der Waals surface area contributed by atoms with Crippen molar-refractivity contribution in [3.8, 4) is 0 Å². The van der Waals surface area contributed by atoms with Gasteiger partial charge in [-0.15, -0.1) is 0 Å². The summed E-state index contributed by atoms with van der Waals surface area (Å²) in [4.78, 5) is 199. The lowest BCUT2D eigenvalue weighted by Crippen LogP contribution is -2.60. The summed E-state index contributed by atoms with van der Waals surface area (Å²) in [5.74, 6) is -13.7. The van der Waals surface area contributed by atoms with E-state index in [1.807, 2.05) is 0 Å². The zero-order valence-corrected chi connectivity index (χ0v) is 43.7. The minimum absolute atomic E-state index is 0.0137. The molecule has 0 unspecified atom stereocenters. The molecule has 0 radical (unpaired) electrons. The first kappa shape index (κ1) is 66.3. The summed E-state index contributed by atoms with van der Waals surface area (Å²) in [6, 6.07) is -9.21. The van der Waals surface area contributed by atoms with Crippen molar-refractivity contribution >= 4 is 90.8 Å². The lowest BCUT2D eigenvalue weighted by molar-refractivity contribution is -0.142. The van der Waals surface area contributed by atoms with Crippen LogP contribution in [0.4, 0.5) is 8.78 Å². The molecule has 31 nitrogen and oxygen atoms in total. The van der Waals surface area contributed by atoms with Gasteiger partial charge >= 0.3 is 25.2 Å². The third-order valence-electron chi connectivity index (χ3n) is 12.6. The Bertz CT molecular complexity index is 2570. The summed E-state index contributed by atoms with van der Waals surface area (Å²) in [5.41, 5.74) is 15.9. The molecule has 8 atom stereocenters. The van der Waals surface area contributed by atoms with Gasteiger partial charge in [-0.05, 0) is 56.9 Å². The van der Waals surface area contributed by atoms with Crippen LogP contribution in [0.25, 0.3) is 0 Å². The van der Waals surface area contributed by atoms with Crippen molar-refractivity contribution in [2.45, 2.75) is 144 Å². The maximum absolute atomic E-state index is 14.6. The maximum atomic E-state index is 14.6. The minimum atomic E-state index is -6.06. The van der Waals surface area contributed by atoms with Crippen molar-refractivity contribution in [3.05, 3.63) is 35.4 Å². The van der Waals surface area contributed by atoms with Crippen molar-refractivity contribution in [3.63, 3.8) is 0 Å². The molecule has 0 spiro atoms. The number of aliphatic carboxylic acids is 2. The predicted octanol–water partition coefficient (Wildman–Crippen LogP) is -5.36. The number of hydrogen-bond acceptors (Lipinski definition) is 16. The molecule has 11 amide bonds. The van der Waals surface area contributed by atoms with Gasteiger partial charge in [-0.3, -0.25) is 66.9 Å². The van der Waals surface area contributed by atoms with Crippen LogP contribution in [0.3, 0.4) is 0 Å². The van der Waals surface area contributed by atoms with E-state index in [4.69, 9.17) is 28.0 Å². The lowest BCUT2D eigenvalue weighted by atomic mass is 10.0. The smallest absolute Gasteiger partial charge is 0.399 e. The summed E-state index contributed by atoms with van der Waals surface area (Å²) >= 11 is 0. The first-order chi connectivity index (χ1) is 37.4.